The molecule has 0 heterocycles. The summed E-state index contributed by atoms with van der Waals surface area (Å²) in [6.07, 6.45) is 3.46. The summed E-state index contributed by atoms with van der Waals surface area (Å²) in [4.78, 5) is 14.3. The van der Waals surface area contributed by atoms with Gasteiger partial charge in [-0.05, 0) is 62.1 Å². The number of sulfone groups is 1. The molecule has 1 aliphatic carbocycles. The van der Waals surface area contributed by atoms with E-state index < -0.39 is 26.8 Å². The van der Waals surface area contributed by atoms with Crippen LogP contribution in [0.2, 0.25) is 0 Å². The van der Waals surface area contributed by atoms with Crippen molar-refractivity contribution >= 4 is 15.7 Å². The van der Waals surface area contributed by atoms with Crippen LogP contribution in [0.1, 0.15) is 48.5 Å². The van der Waals surface area contributed by atoms with Crippen molar-refractivity contribution in [2.24, 2.45) is 0 Å². The molecule has 2 aromatic carbocycles. The Morgan fingerprint density at radius 3 is 2.41 bits per heavy atom. The number of halogens is 1. The Morgan fingerprint density at radius 2 is 1.79 bits per heavy atom. The monoisotopic (exact) mass is 419 g/mol. The molecule has 1 amide bonds. The Morgan fingerprint density at radius 1 is 1.17 bits per heavy atom. The maximum absolute atomic E-state index is 14.4. The molecule has 156 valence electrons. The van der Waals surface area contributed by atoms with Gasteiger partial charge in [0.25, 0.3) is 5.91 Å². The molecular formula is C22H26FNO4S. The second-order valence-corrected chi connectivity index (χ2v) is 9.96. The van der Waals surface area contributed by atoms with Crippen molar-refractivity contribution in [1.29, 1.82) is 0 Å². The van der Waals surface area contributed by atoms with E-state index in [4.69, 9.17) is 0 Å². The molecule has 0 aromatic heterocycles. The van der Waals surface area contributed by atoms with E-state index >= 15 is 0 Å². The Hall–Kier alpha value is -2.41. The van der Waals surface area contributed by atoms with Crippen LogP contribution >= 0.6 is 0 Å². The smallest absolute Gasteiger partial charge is 0.256 e. The summed E-state index contributed by atoms with van der Waals surface area (Å²) in [5.41, 5.74) is 0.692. The zero-order valence-corrected chi connectivity index (χ0v) is 17.5. The summed E-state index contributed by atoms with van der Waals surface area (Å²) in [6.45, 7) is 1.84. The average molecular weight is 420 g/mol. The van der Waals surface area contributed by atoms with Gasteiger partial charge in [-0.2, -0.15) is 0 Å². The first-order valence-electron chi connectivity index (χ1n) is 9.78. The summed E-state index contributed by atoms with van der Waals surface area (Å²) in [5.74, 6) is -1.13. The Labute approximate surface area is 171 Å². The third-order valence-corrected chi connectivity index (χ3v) is 7.95. The number of likely N-dealkylation sites (N-methyl/N-ethyl adjacent to an activating group) is 1. The minimum atomic E-state index is -3.57. The summed E-state index contributed by atoms with van der Waals surface area (Å²) >= 11 is 0. The summed E-state index contributed by atoms with van der Waals surface area (Å²) in [6, 6.07) is 9.91. The van der Waals surface area contributed by atoms with Crippen molar-refractivity contribution in [3.8, 4) is 5.75 Å². The van der Waals surface area contributed by atoms with E-state index in [1.165, 1.54) is 17.0 Å². The van der Waals surface area contributed by atoms with Crippen LogP contribution in [0, 0.1) is 5.82 Å². The average Bonchev–Trinajstić information content (AvgIpc) is 3.24. The van der Waals surface area contributed by atoms with Gasteiger partial charge in [0.2, 0.25) is 0 Å². The van der Waals surface area contributed by atoms with E-state index in [1.807, 2.05) is 6.92 Å². The maximum Gasteiger partial charge on any atom is 0.256 e. The molecule has 1 N–H and O–H groups in total. The third kappa shape index (κ3) is 4.61. The number of carbonyl (C=O) groups excluding carboxylic acids is 1. The minimum absolute atomic E-state index is 0.00809. The molecule has 7 heteroatoms. The first kappa shape index (κ1) is 21.3. The molecule has 0 saturated heterocycles. The summed E-state index contributed by atoms with van der Waals surface area (Å²) in [7, 11) is -2.00. The van der Waals surface area contributed by atoms with E-state index in [1.54, 1.807) is 31.3 Å². The largest absolute Gasteiger partial charge is 0.508 e. The van der Waals surface area contributed by atoms with Gasteiger partial charge < -0.3 is 10.0 Å². The molecule has 0 radical (unpaired) electrons. The molecule has 3 rings (SSSR count). The van der Waals surface area contributed by atoms with Gasteiger partial charge in [-0.1, -0.05) is 25.0 Å². The maximum atomic E-state index is 14.4. The highest BCUT2D eigenvalue weighted by molar-refractivity contribution is 7.92. The molecule has 1 saturated carbocycles. The molecule has 1 atom stereocenters. The van der Waals surface area contributed by atoms with E-state index in [9.17, 15) is 22.7 Å². The Kier molecular flexibility index (Phi) is 6.27. The highest BCUT2D eigenvalue weighted by atomic mass is 32.2. The number of hydrogen-bond donors (Lipinski definition) is 1. The molecule has 1 fully saturated rings. The Bertz CT molecular complexity index is 982. The number of nitrogens with zero attached hydrogens (tertiary/aromatic N) is 1. The molecule has 5 nitrogen and oxygen atoms in total. The molecule has 0 unspecified atom stereocenters. The molecule has 2 aromatic rings. The molecule has 1 aliphatic rings. The lowest BCUT2D eigenvalue weighted by molar-refractivity contribution is 0.0738. The van der Waals surface area contributed by atoms with Crippen LogP contribution in [0.15, 0.2) is 47.4 Å². The van der Waals surface area contributed by atoms with Crippen molar-refractivity contribution in [2.45, 2.75) is 55.2 Å². The Balaban J connectivity index is 1.81. The fourth-order valence-electron chi connectivity index (χ4n) is 3.74. The van der Waals surface area contributed by atoms with Gasteiger partial charge in [0, 0.05) is 13.1 Å². The van der Waals surface area contributed by atoms with Gasteiger partial charge in [-0.25, -0.2) is 12.8 Å². The van der Waals surface area contributed by atoms with Crippen molar-refractivity contribution in [2.75, 3.05) is 7.05 Å². The van der Waals surface area contributed by atoms with E-state index in [0.717, 1.165) is 24.5 Å². The number of rotatable bonds is 6. The van der Waals surface area contributed by atoms with E-state index in [0.29, 0.717) is 19.3 Å². The number of hydrogen-bond acceptors (Lipinski definition) is 4. The highest BCUT2D eigenvalue weighted by Gasteiger charge is 2.31. The normalized spacial score (nSPS) is 16.0. The van der Waals surface area contributed by atoms with Gasteiger partial charge in [-0.15, -0.1) is 0 Å². The van der Waals surface area contributed by atoms with Gasteiger partial charge in [0.05, 0.1) is 15.7 Å². The van der Waals surface area contributed by atoms with Crippen LogP contribution < -0.4 is 0 Å². The zero-order valence-electron chi connectivity index (χ0n) is 16.6. The quantitative estimate of drug-likeness (QED) is 0.720. The number of benzene rings is 2. The number of phenolic OH excluding ortho intramolecular Hbond substituents is 1. The predicted octanol–water partition coefficient (Wildman–Crippen LogP) is 3.95. The van der Waals surface area contributed by atoms with Crippen LogP contribution in [-0.2, 0) is 16.3 Å². The van der Waals surface area contributed by atoms with E-state index in [2.05, 4.69) is 0 Å². The number of aromatic hydroxyl groups is 1. The molecule has 0 aliphatic heterocycles. The minimum Gasteiger partial charge on any atom is -0.508 e. The van der Waals surface area contributed by atoms with Crippen molar-refractivity contribution < 1.29 is 22.7 Å². The van der Waals surface area contributed by atoms with Crippen LogP contribution in [0.3, 0.4) is 0 Å². The number of carbonyl (C=O) groups is 1. The van der Waals surface area contributed by atoms with Crippen LogP contribution in [-0.4, -0.2) is 42.7 Å². The van der Waals surface area contributed by atoms with Gasteiger partial charge in [-0.3, -0.25) is 4.79 Å². The van der Waals surface area contributed by atoms with Gasteiger partial charge in [0.15, 0.2) is 9.84 Å². The highest BCUT2D eigenvalue weighted by Crippen LogP contribution is 2.30. The lowest BCUT2D eigenvalue weighted by Crippen LogP contribution is -2.37. The summed E-state index contributed by atoms with van der Waals surface area (Å²) < 4.78 is 40.1. The van der Waals surface area contributed by atoms with Crippen LogP contribution in [0.4, 0.5) is 4.39 Å². The summed E-state index contributed by atoms with van der Waals surface area (Å²) in [5, 5.41) is 8.93. The lowest BCUT2D eigenvalue weighted by atomic mass is 10.0. The van der Waals surface area contributed by atoms with Gasteiger partial charge >= 0.3 is 0 Å². The van der Waals surface area contributed by atoms with Crippen molar-refractivity contribution in [1.82, 2.24) is 4.90 Å². The molecule has 0 spiro atoms. The van der Waals surface area contributed by atoms with E-state index in [-0.39, 0.29) is 22.3 Å². The second kappa shape index (κ2) is 8.53. The standard InChI is InChI=1S/C22H26FNO4S/c1-15(13-16-7-9-17(25)10-8-16)24(2)22(26)20-14-19(11-12-21(20)23)29(27,28)18-5-3-4-6-18/h7-12,14-15,18,25H,3-6,13H2,1-2H3/t15-/m0/s1. The van der Waals surface area contributed by atoms with Gasteiger partial charge in [0.1, 0.15) is 11.6 Å². The topological polar surface area (TPSA) is 74.7 Å². The number of phenols is 1. The third-order valence-electron chi connectivity index (χ3n) is 5.69. The van der Waals surface area contributed by atoms with Crippen LogP contribution in [0.25, 0.3) is 0 Å². The van der Waals surface area contributed by atoms with Crippen molar-refractivity contribution in [3.05, 3.63) is 59.4 Å². The SMILES string of the molecule is C[C@@H](Cc1ccc(O)cc1)N(C)C(=O)c1cc(S(=O)(=O)C2CCCC2)ccc1F. The molecule has 0 bridgehead atoms. The first-order chi connectivity index (χ1) is 13.7. The number of amides is 1. The lowest BCUT2D eigenvalue weighted by Gasteiger charge is -2.25. The van der Waals surface area contributed by atoms with Crippen molar-refractivity contribution in [3.63, 3.8) is 0 Å². The molecule has 29 heavy (non-hydrogen) atoms. The fourth-order valence-corrected chi connectivity index (χ4v) is 5.62. The molecular weight excluding hydrogens is 393 g/mol. The fraction of sp³-hybridized carbons (Fsp3) is 0.409. The first-order valence-corrected chi connectivity index (χ1v) is 11.3. The zero-order chi connectivity index (χ0) is 21.2. The van der Waals surface area contributed by atoms with Crippen LogP contribution in [0.5, 0.6) is 5.75 Å². The second-order valence-electron chi connectivity index (χ2n) is 7.73. The predicted molar refractivity (Wildman–Crippen MR) is 109 cm³/mol.